The summed E-state index contributed by atoms with van der Waals surface area (Å²) < 4.78 is 3.11. The van der Waals surface area contributed by atoms with Crippen LogP contribution in [-0.4, -0.2) is 20.8 Å². The Labute approximate surface area is 86.4 Å². The van der Waals surface area contributed by atoms with Gasteiger partial charge in [-0.1, -0.05) is 0 Å². The fourth-order valence-electron chi connectivity index (χ4n) is 1.74. The molecule has 0 atom stereocenters. The van der Waals surface area contributed by atoms with Crippen LogP contribution >= 0.6 is 0 Å². The van der Waals surface area contributed by atoms with E-state index in [1.54, 1.807) is 34.4 Å². The smallest absolute Gasteiger partial charge is 0.328 e. The van der Waals surface area contributed by atoms with E-state index in [1.807, 2.05) is 0 Å². The molecule has 5 heteroatoms. The minimum absolute atomic E-state index is 0.110. The van der Waals surface area contributed by atoms with Crippen molar-refractivity contribution < 1.29 is 5.11 Å². The van der Waals surface area contributed by atoms with E-state index in [2.05, 4.69) is 0 Å². The summed E-state index contributed by atoms with van der Waals surface area (Å²) in [5, 5.41) is 9.37. The van der Waals surface area contributed by atoms with E-state index < -0.39 is 0 Å². The van der Waals surface area contributed by atoms with Crippen LogP contribution in [0.25, 0.3) is 11.0 Å². The number of rotatable bonds is 2. The number of phenolic OH excluding ortho intramolecular Hbond substituents is 1. The summed E-state index contributed by atoms with van der Waals surface area (Å²) in [6.07, 6.45) is 0. The lowest BCUT2D eigenvalue weighted by Gasteiger charge is -1.99. The maximum Gasteiger partial charge on any atom is 0.328 e. The van der Waals surface area contributed by atoms with Crippen LogP contribution in [0, 0.1) is 0 Å². The second-order valence-corrected chi connectivity index (χ2v) is 3.45. The fourth-order valence-corrected chi connectivity index (χ4v) is 1.74. The molecule has 2 aromatic rings. The lowest BCUT2D eigenvalue weighted by molar-refractivity contribution is 0.476. The van der Waals surface area contributed by atoms with Gasteiger partial charge in [-0.15, -0.1) is 0 Å². The molecule has 0 fully saturated rings. The number of aromatic nitrogens is 2. The molecular formula is C10H13N3O2. The molecule has 1 aromatic heterocycles. The fraction of sp³-hybridized carbons (Fsp3) is 0.300. The van der Waals surface area contributed by atoms with Crippen LogP contribution in [0.4, 0.5) is 0 Å². The van der Waals surface area contributed by atoms with E-state index >= 15 is 0 Å². The lowest BCUT2D eigenvalue weighted by Crippen LogP contribution is -2.25. The predicted molar refractivity (Wildman–Crippen MR) is 57.9 cm³/mol. The molecule has 80 valence electrons. The SMILES string of the molecule is Cn1c(=O)n(CCN)c2cc(O)ccc21. The predicted octanol–water partition coefficient (Wildman–Crippen LogP) is 0.00430. The third kappa shape index (κ3) is 1.41. The number of nitrogens with zero attached hydrogens (tertiary/aromatic N) is 2. The van der Waals surface area contributed by atoms with Crippen LogP contribution in [0.3, 0.4) is 0 Å². The summed E-state index contributed by atoms with van der Waals surface area (Å²) in [5.74, 6) is 0.152. The Morgan fingerprint density at radius 3 is 2.80 bits per heavy atom. The maximum atomic E-state index is 11.8. The quantitative estimate of drug-likeness (QED) is 0.728. The monoisotopic (exact) mass is 207 g/mol. The molecule has 0 aliphatic rings. The first-order valence-electron chi connectivity index (χ1n) is 4.73. The second kappa shape index (κ2) is 3.43. The van der Waals surface area contributed by atoms with Crippen molar-refractivity contribution in [1.82, 2.24) is 9.13 Å². The summed E-state index contributed by atoms with van der Waals surface area (Å²) in [7, 11) is 1.70. The minimum Gasteiger partial charge on any atom is -0.508 e. The first-order valence-corrected chi connectivity index (χ1v) is 4.73. The molecule has 15 heavy (non-hydrogen) atoms. The highest BCUT2D eigenvalue weighted by Gasteiger charge is 2.09. The van der Waals surface area contributed by atoms with Gasteiger partial charge in [0.15, 0.2) is 0 Å². The molecule has 0 unspecified atom stereocenters. The van der Waals surface area contributed by atoms with Gasteiger partial charge in [0.25, 0.3) is 0 Å². The summed E-state index contributed by atoms with van der Waals surface area (Å²) in [6.45, 7) is 0.855. The second-order valence-electron chi connectivity index (χ2n) is 3.45. The number of aromatic hydroxyl groups is 1. The molecule has 0 aliphatic carbocycles. The highest BCUT2D eigenvalue weighted by atomic mass is 16.3. The van der Waals surface area contributed by atoms with Crippen LogP contribution in [0.2, 0.25) is 0 Å². The summed E-state index contributed by atoms with van der Waals surface area (Å²) in [6, 6.07) is 4.86. The highest BCUT2D eigenvalue weighted by Crippen LogP contribution is 2.18. The number of aryl methyl sites for hydroxylation is 1. The van der Waals surface area contributed by atoms with Crippen molar-refractivity contribution in [3.63, 3.8) is 0 Å². The molecule has 1 aromatic carbocycles. The lowest BCUT2D eigenvalue weighted by atomic mass is 10.3. The standard InChI is InChI=1S/C10H13N3O2/c1-12-8-3-2-7(14)6-9(8)13(5-4-11)10(12)15/h2-3,6,14H,4-5,11H2,1H3. The molecule has 0 amide bonds. The third-order valence-electron chi connectivity index (χ3n) is 2.48. The Morgan fingerprint density at radius 1 is 1.40 bits per heavy atom. The van der Waals surface area contributed by atoms with Crippen LogP contribution in [0.5, 0.6) is 5.75 Å². The largest absolute Gasteiger partial charge is 0.508 e. The van der Waals surface area contributed by atoms with Crippen molar-refractivity contribution in [1.29, 1.82) is 0 Å². The van der Waals surface area contributed by atoms with Gasteiger partial charge in [-0.25, -0.2) is 4.79 Å². The molecule has 0 radical (unpaired) electrons. The number of benzene rings is 1. The van der Waals surface area contributed by atoms with E-state index in [0.29, 0.717) is 18.6 Å². The number of imidazole rings is 1. The van der Waals surface area contributed by atoms with Crippen molar-refractivity contribution >= 4 is 11.0 Å². The van der Waals surface area contributed by atoms with Gasteiger partial charge in [0.1, 0.15) is 5.75 Å². The first-order chi connectivity index (χ1) is 7.15. The Bertz CT molecular complexity index is 554. The topological polar surface area (TPSA) is 73.2 Å². The van der Waals surface area contributed by atoms with Crippen LogP contribution in [0.1, 0.15) is 0 Å². The minimum atomic E-state index is -0.110. The van der Waals surface area contributed by atoms with Gasteiger partial charge in [-0.05, 0) is 12.1 Å². The van der Waals surface area contributed by atoms with Crippen molar-refractivity contribution in [2.24, 2.45) is 12.8 Å². The molecule has 0 bridgehead atoms. The summed E-state index contributed by atoms with van der Waals surface area (Å²) in [4.78, 5) is 11.8. The van der Waals surface area contributed by atoms with E-state index in [4.69, 9.17) is 5.73 Å². The molecule has 5 nitrogen and oxygen atoms in total. The van der Waals surface area contributed by atoms with Crippen LogP contribution in [-0.2, 0) is 13.6 Å². The molecule has 0 saturated heterocycles. The molecular weight excluding hydrogens is 194 g/mol. The van der Waals surface area contributed by atoms with Gasteiger partial charge >= 0.3 is 5.69 Å². The third-order valence-corrected chi connectivity index (χ3v) is 2.48. The zero-order valence-electron chi connectivity index (χ0n) is 8.47. The number of fused-ring (bicyclic) bond motifs is 1. The highest BCUT2D eigenvalue weighted by molar-refractivity contribution is 5.77. The van der Waals surface area contributed by atoms with Gasteiger partial charge in [0.2, 0.25) is 0 Å². The van der Waals surface area contributed by atoms with Crippen molar-refractivity contribution in [3.8, 4) is 5.75 Å². The molecule has 0 spiro atoms. The normalized spacial score (nSPS) is 11.1. The molecule has 0 saturated carbocycles. The Kier molecular flexibility index (Phi) is 2.24. The maximum absolute atomic E-state index is 11.8. The average molecular weight is 207 g/mol. The van der Waals surface area contributed by atoms with Crippen LogP contribution in [0.15, 0.2) is 23.0 Å². The van der Waals surface area contributed by atoms with E-state index in [-0.39, 0.29) is 11.4 Å². The van der Waals surface area contributed by atoms with E-state index in [0.717, 1.165) is 5.52 Å². The molecule has 2 rings (SSSR count). The number of nitrogens with two attached hydrogens (primary N) is 1. The van der Waals surface area contributed by atoms with Gasteiger partial charge in [-0.3, -0.25) is 9.13 Å². The van der Waals surface area contributed by atoms with E-state index in [9.17, 15) is 9.90 Å². The van der Waals surface area contributed by atoms with E-state index in [1.165, 1.54) is 0 Å². The van der Waals surface area contributed by atoms with Gasteiger partial charge < -0.3 is 10.8 Å². The summed E-state index contributed by atoms with van der Waals surface area (Å²) in [5.41, 5.74) is 6.84. The Balaban J connectivity index is 2.82. The van der Waals surface area contributed by atoms with Gasteiger partial charge in [0.05, 0.1) is 11.0 Å². The van der Waals surface area contributed by atoms with Crippen molar-refractivity contribution in [2.75, 3.05) is 6.54 Å². The zero-order chi connectivity index (χ0) is 11.0. The number of hydrogen-bond donors (Lipinski definition) is 2. The molecule has 3 N–H and O–H groups in total. The Hall–Kier alpha value is -1.75. The van der Waals surface area contributed by atoms with Crippen molar-refractivity contribution in [3.05, 3.63) is 28.7 Å². The molecule has 0 aliphatic heterocycles. The zero-order valence-corrected chi connectivity index (χ0v) is 8.47. The Morgan fingerprint density at radius 2 is 2.13 bits per heavy atom. The number of hydrogen-bond acceptors (Lipinski definition) is 3. The molecule has 1 heterocycles. The summed E-state index contributed by atoms with van der Waals surface area (Å²) >= 11 is 0. The van der Waals surface area contributed by atoms with Crippen molar-refractivity contribution in [2.45, 2.75) is 6.54 Å². The van der Waals surface area contributed by atoms with Gasteiger partial charge in [0, 0.05) is 26.2 Å². The van der Waals surface area contributed by atoms with Gasteiger partial charge in [-0.2, -0.15) is 0 Å². The van der Waals surface area contributed by atoms with Crippen LogP contribution < -0.4 is 11.4 Å². The average Bonchev–Trinajstić information content (AvgIpc) is 2.44. The first kappa shape index (κ1) is 9.79. The number of phenols is 1.